The fourth-order valence-electron chi connectivity index (χ4n) is 1.48. The van der Waals surface area contributed by atoms with Crippen molar-refractivity contribution in [1.82, 2.24) is 10.2 Å². The summed E-state index contributed by atoms with van der Waals surface area (Å²) < 4.78 is 5.15. The first kappa shape index (κ1) is 16.2. The Balaban J connectivity index is 2.08. The summed E-state index contributed by atoms with van der Waals surface area (Å²) >= 11 is 1.23. The fraction of sp³-hybridized carbons (Fsp3) is 0.818. The van der Waals surface area contributed by atoms with Gasteiger partial charge in [-0.25, -0.2) is 0 Å². The molecule has 0 aliphatic carbocycles. The number of carbonyl (C=O) groups excluding carboxylic acids is 2. The standard InChI is InChI=1S/C11H20N2O5S/c14-6-9(15)5-12-10(16)7-19-8-11(17)13-1-3-18-4-2-13/h9,14-15H,1-8H2,(H,12,16). The van der Waals surface area contributed by atoms with E-state index in [1.54, 1.807) is 4.90 Å². The van der Waals surface area contributed by atoms with Crippen molar-refractivity contribution in [2.75, 3.05) is 51.0 Å². The first-order valence-corrected chi connectivity index (χ1v) is 7.28. The fourth-order valence-corrected chi connectivity index (χ4v) is 2.23. The molecule has 0 saturated carbocycles. The van der Waals surface area contributed by atoms with E-state index < -0.39 is 6.10 Å². The van der Waals surface area contributed by atoms with Crippen LogP contribution in [-0.4, -0.2) is 84.0 Å². The van der Waals surface area contributed by atoms with Crippen LogP contribution in [0.1, 0.15) is 0 Å². The smallest absolute Gasteiger partial charge is 0.232 e. The van der Waals surface area contributed by atoms with Crippen LogP contribution in [0.3, 0.4) is 0 Å². The van der Waals surface area contributed by atoms with Crippen molar-refractivity contribution in [2.24, 2.45) is 0 Å². The number of hydrogen-bond donors (Lipinski definition) is 3. The number of ether oxygens (including phenoxy) is 1. The Morgan fingerprint density at radius 3 is 2.63 bits per heavy atom. The molecule has 1 heterocycles. The molecule has 0 aromatic heterocycles. The monoisotopic (exact) mass is 292 g/mol. The lowest BCUT2D eigenvalue weighted by Crippen LogP contribution is -2.41. The molecule has 7 nitrogen and oxygen atoms in total. The zero-order valence-electron chi connectivity index (χ0n) is 10.7. The van der Waals surface area contributed by atoms with Gasteiger partial charge in [0.2, 0.25) is 11.8 Å². The summed E-state index contributed by atoms with van der Waals surface area (Å²) in [6.07, 6.45) is -0.941. The van der Waals surface area contributed by atoms with Gasteiger partial charge in [0.15, 0.2) is 0 Å². The van der Waals surface area contributed by atoms with Crippen LogP contribution in [0, 0.1) is 0 Å². The highest BCUT2D eigenvalue weighted by molar-refractivity contribution is 8.00. The summed E-state index contributed by atoms with van der Waals surface area (Å²) in [6.45, 7) is 1.98. The van der Waals surface area contributed by atoms with Crippen LogP contribution in [0.4, 0.5) is 0 Å². The minimum atomic E-state index is -0.941. The Bertz CT molecular complexity index is 297. The molecule has 8 heteroatoms. The Kier molecular flexibility index (Phi) is 7.80. The molecule has 0 radical (unpaired) electrons. The predicted molar refractivity (Wildman–Crippen MR) is 70.8 cm³/mol. The number of nitrogens with zero attached hydrogens (tertiary/aromatic N) is 1. The lowest BCUT2D eigenvalue weighted by atomic mass is 10.4. The Morgan fingerprint density at radius 1 is 1.32 bits per heavy atom. The highest BCUT2D eigenvalue weighted by atomic mass is 32.2. The number of aliphatic hydroxyl groups excluding tert-OH is 2. The van der Waals surface area contributed by atoms with Crippen LogP contribution in [0.15, 0.2) is 0 Å². The van der Waals surface area contributed by atoms with Gasteiger partial charge in [-0.3, -0.25) is 9.59 Å². The molecule has 0 spiro atoms. The van der Waals surface area contributed by atoms with E-state index in [-0.39, 0.29) is 36.5 Å². The Morgan fingerprint density at radius 2 is 2.00 bits per heavy atom. The van der Waals surface area contributed by atoms with Gasteiger partial charge in [0.05, 0.1) is 37.4 Å². The molecule has 0 aromatic carbocycles. The second-order valence-corrected chi connectivity index (χ2v) is 5.11. The molecule has 1 fully saturated rings. The van der Waals surface area contributed by atoms with Gasteiger partial charge >= 0.3 is 0 Å². The van der Waals surface area contributed by atoms with Gasteiger partial charge < -0.3 is 25.2 Å². The lowest BCUT2D eigenvalue weighted by Gasteiger charge is -2.26. The maximum Gasteiger partial charge on any atom is 0.232 e. The molecule has 1 aliphatic heterocycles. The van der Waals surface area contributed by atoms with Gasteiger partial charge in [-0.2, -0.15) is 0 Å². The normalized spacial score (nSPS) is 17.1. The molecule has 19 heavy (non-hydrogen) atoms. The number of aliphatic hydroxyl groups is 2. The summed E-state index contributed by atoms with van der Waals surface area (Å²) in [5.74, 6) is 0.174. The Hall–Kier alpha value is -0.830. The molecular formula is C11H20N2O5S. The van der Waals surface area contributed by atoms with Crippen molar-refractivity contribution >= 4 is 23.6 Å². The van der Waals surface area contributed by atoms with E-state index in [9.17, 15) is 9.59 Å². The maximum absolute atomic E-state index is 11.7. The molecule has 0 bridgehead atoms. The number of thioether (sulfide) groups is 1. The molecule has 1 saturated heterocycles. The maximum atomic E-state index is 11.7. The second kappa shape index (κ2) is 9.13. The highest BCUT2D eigenvalue weighted by Gasteiger charge is 2.16. The van der Waals surface area contributed by atoms with Crippen LogP contribution in [0.5, 0.6) is 0 Å². The van der Waals surface area contributed by atoms with E-state index in [0.717, 1.165) is 0 Å². The van der Waals surface area contributed by atoms with Crippen LogP contribution >= 0.6 is 11.8 Å². The lowest BCUT2D eigenvalue weighted by molar-refractivity contribution is -0.132. The van der Waals surface area contributed by atoms with E-state index in [1.807, 2.05) is 0 Å². The van der Waals surface area contributed by atoms with Crippen molar-refractivity contribution in [3.63, 3.8) is 0 Å². The number of morpholine rings is 1. The molecule has 2 amide bonds. The molecule has 1 atom stereocenters. The number of carbonyl (C=O) groups is 2. The summed E-state index contributed by atoms with van der Waals surface area (Å²) in [5, 5.41) is 20.1. The van der Waals surface area contributed by atoms with E-state index >= 15 is 0 Å². The predicted octanol–water partition coefficient (Wildman–Crippen LogP) is -1.95. The first-order chi connectivity index (χ1) is 9.13. The van der Waals surface area contributed by atoms with Crippen LogP contribution in [0.25, 0.3) is 0 Å². The molecule has 1 unspecified atom stereocenters. The average Bonchev–Trinajstić information content (AvgIpc) is 2.45. The van der Waals surface area contributed by atoms with Crippen LogP contribution in [-0.2, 0) is 14.3 Å². The number of rotatable bonds is 7. The number of nitrogens with one attached hydrogen (secondary N) is 1. The van der Waals surface area contributed by atoms with Gasteiger partial charge in [0.1, 0.15) is 0 Å². The largest absolute Gasteiger partial charge is 0.394 e. The molecule has 1 aliphatic rings. The molecule has 0 aromatic rings. The third-order valence-electron chi connectivity index (χ3n) is 2.57. The number of amides is 2. The zero-order valence-corrected chi connectivity index (χ0v) is 11.5. The molecule has 110 valence electrons. The van der Waals surface area contributed by atoms with Crippen LogP contribution < -0.4 is 5.32 Å². The van der Waals surface area contributed by atoms with Crippen molar-refractivity contribution in [3.8, 4) is 0 Å². The average molecular weight is 292 g/mol. The minimum Gasteiger partial charge on any atom is -0.394 e. The molecule has 1 rings (SSSR count). The highest BCUT2D eigenvalue weighted by Crippen LogP contribution is 2.04. The van der Waals surface area contributed by atoms with E-state index in [4.69, 9.17) is 14.9 Å². The van der Waals surface area contributed by atoms with Gasteiger partial charge in [-0.15, -0.1) is 11.8 Å². The van der Waals surface area contributed by atoms with Gasteiger partial charge in [0, 0.05) is 19.6 Å². The van der Waals surface area contributed by atoms with Crippen molar-refractivity contribution in [3.05, 3.63) is 0 Å². The second-order valence-electron chi connectivity index (χ2n) is 4.13. The van der Waals surface area contributed by atoms with Crippen molar-refractivity contribution in [2.45, 2.75) is 6.10 Å². The SMILES string of the molecule is O=C(CSCC(=O)N1CCOCC1)NCC(O)CO. The van der Waals surface area contributed by atoms with Gasteiger partial charge in [-0.05, 0) is 0 Å². The summed E-state index contributed by atoms with van der Waals surface area (Å²) in [7, 11) is 0. The third kappa shape index (κ3) is 6.76. The summed E-state index contributed by atoms with van der Waals surface area (Å²) in [5.41, 5.74) is 0. The van der Waals surface area contributed by atoms with E-state index in [1.165, 1.54) is 11.8 Å². The topological polar surface area (TPSA) is 99.1 Å². The number of hydrogen-bond acceptors (Lipinski definition) is 6. The van der Waals surface area contributed by atoms with Gasteiger partial charge in [0.25, 0.3) is 0 Å². The molecule has 3 N–H and O–H groups in total. The molecular weight excluding hydrogens is 272 g/mol. The summed E-state index contributed by atoms with van der Waals surface area (Å²) in [6, 6.07) is 0. The van der Waals surface area contributed by atoms with Crippen molar-refractivity contribution in [1.29, 1.82) is 0 Å². The third-order valence-corrected chi connectivity index (χ3v) is 3.49. The summed E-state index contributed by atoms with van der Waals surface area (Å²) in [4.78, 5) is 24.8. The zero-order chi connectivity index (χ0) is 14.1. The van der Waals surface area contributed by atoms with Crippen LogP contribution in [0.2, 0.25) is 0 Å². The van der Waals surface area contributed by atoms with E-state index in [2.05, 4.69) is 5.32 Å². The first-order valence-electron chi connectivity index (χ1n) is 6.12. The Labute approximate surface area is 116 Å². The van der Waals surface area contributed by atoms with Crippen molar-refractivity contribution < 1.29 is 24.5 Å². The van der Waals surface area contributed by atoms with E-state index in [0.29, 0.717) is 26.3 Å². The van der Waals surface area contributed by atoms with Gasteiger partial charge in [-0.1, -0.05) is 0 Å². The minimum absolute atomic E-state index is 0.0106. The quantitative estimate of drug-likeness (QED) is 0.504.